The highest BCUT2D eigenvalue weighted by molar-refractivity contribution is 5.94. The summed E-state index contributed by atoms with van der Waals surface area (Å²) in [6.07, 6.45) is -1.60. The fraction of sp³-hybridized carbons (Fsp3) is 0.444. The Morgan fingerprint density at radius 2 is 1.93 bits per heavy atom. The van der Waals surface area contributed by atoms with Gasteiger partial charge in [0.2, 0.25) is 0 Å². The van der Waals surface area contributed by atoms with Crippen LogP contribution in [0.2, 0.25) is 0 Å². The maximum atomic E-state index is 12.5. The molecule has 1 atom stereocenters. The quantitative estimate of drug-likeness (QED) is 0.880. The van der Waals surface area contributed by atoms with Gasteiger partial charge in [-0.05, 0) is 56.1 Å². The van der Waals surface area contributed by atoms with Crippen LogP contribution in [0.4, 0.5) is 13.2 Å². The van der Waals surface area contributed by atoms with E-state index in [0.29, 0.717) is 11.5 Å². The lowest BCUT2D eigenvalue weighted by Crippen LogP contribution is -2.57. The number of aromatic nitrogens is 1. The fourth-order valence-electron chi connectivity index (χ4n) is 3.61. The molecule has 1 amide bonds. The van der Waals surface area contributed by atoms with Crippen molar-refractivity contribution in [2.24, 2.45) is 5.92 Å². The van der Waals surface area contributed by atoms with Gasteiger partial charge >= 0.3 is 18.0 Å². The normalized spacial score (nSPS) is 24.6. The predicted molar refractivity (Wildman–Crippen MR) is 88.4 cm³/mol. The van der Waals surface area contributed by atoms with Gasteiger partial charge in [-0.15, -0.1) is 0 Å². The van der Waals surface area contributed by atoms with Crippen LogP contribution in [-0.2, 0) is 6.18 Å². The third-order valence-electron chi connectivity index (χ3n) is 5.03. The minimum Gasteiger partial charge on any atom is -0.425 e. The number of hydrogen-bond donors (Lipinski definition) is 1. The molecule has 1 aromatic carbocycles. The molecular formula is C18H18F3N3O3. The van der Waals surface area contributed by atoms with E-state index in [1.165, 1.54) is 12.1 Å². The molecule has 144 valence electrons. The van der Waals surface area contributed by atoms with E-state index in [0.717, 1.165) is 38.7 Å². The van der Waals surface area contributed by atoms with E-state index in [1.54, 1.807) is 12.1 Å². The molecule has 27 heavy (non-hydrogen) atoms. The van der Waals surface area contributed by atoms with Gasteiger partial charge in [-0.3, -0.25) is 4.79 Å². The topological polar surface area (TPSA) is 67.6 Å². The number of carbonyl (C=O) groups is 1. The number of alkyl halides is 3. The molecular weight excluding hydrogens is 363 g/mol. The standard InChI is InChI=1S/C18H18F3N3O3/c19-18(20,21)17-22-9-15(27-17)26-13-3-1-12(2-4-13)16(25)23-14-10-24-7-5-11(14)6-8-24/h1-4,9,11,14H,5-8,10H2,(H,23,25)/t14-/m0/s1. The van der Waals surface area contributed by atoms with Crippen LogP contribution in [0.5, 0.6) is 11.7 Å². The number of hydrogen-bond acceptors (Lipinski definition) is 5. The Morgan fingerprint density at radius 1 is 1.22 bits per heavy atom. The number of piperidine rings is 3. The lowest BCUT2D eigenvalue weighted by Gasteiger charge is -2.44. The van der Waals surface area contributed by atoms with Crippen molar-refractivity contribution in [2.45, 2.75) is 25.1 Å². The van der Waals surface area contributed by atoms with Gasteiger partial charge in [-0.25, -0.2) is 4.98 Å². The lowest BCUT2D eigenvalue weighted by atomic mass is 9.84. The van der Waals surface area contributed by atoms with E-state index < -0.39 is 12.1 Å². The second kappa shape index (κ2) is 6.88. The number of ether oxygens (including phenoxy) is 1. The first-order chi connectivity index (χ1) is 12.9. The second-order valence-electron chi connectivity index (χ2n) is 6.83. The Labute approximate surface area is 153 Å². The first kappa shape index (κ1) is 17.8. The van der Waals surface area contributed by atoms with Crippen molar-refractivity contribution < 1.29 is 27.1 Å². The summed E-state index contributed by atoms with van der Waals surface area (Å²) in [6, 6.07) is 6.29. The minimum absolute atomic E-state index is 0.158. The van der Waals surface area contributed by atoms with Gasteiger partial charge in [-0.2, -0.15) is 13.2 Å². The average molecular weight is 381 g/mol. The number of nitrogens with one attached hydrogen (secondary N) is 1. The maximum Gasteiger partial charge on any atom is 0.469 e. The molecule has 3 aliphatic heterocycles. The van der Waals surface area contributed by atoms with Crippen molar-refractivity contribution in [3.63, 3.8) is 0 Å². The van der Waals surface area contributed by atoms with Gasteiger partial charge in [-0.1, -0.05) is 0 Å². The summed E-state index contributed by atoms with van der Waals surface area (Å²) >= 11 is 0. The molecule has 3 aliphatic rings. The number of amides is 1. The minimum atomic E-state index is -4.67. The van der Waals surface area contributed by atoms with Gasteiger partial charge in [0.25, 0.3) is 5.91 Å². The number of rotatable bonds is 4. The smallest absolute Gasteiger partial charge is 0.425 e. The summed E-state index contributed by atoms with van der Waals surface area (Å²) in [6.45, 7) is 3.08. The summed E-state index contributed by atoms with van der Waals surface area (Å²) in [5.74, 6) is -1.13. The number of nitrogens with zero attached hydrogens (tertiary/aromatic N) is 2. The Balaban J connectivity index is 1.37. The molecule has 0 saturated carbocycles. The van der Waals surface area contributed by atoms with E-state index >= 15 is 0 Å². The summed E-state index contributed by atoms with van der Waals surface area (Å²) in [5.41, 5.74) is 0.465. The molecule has 6 nitrogen and oxygen atoms in total. The average Bonchev–Trinajstić information content (AvgIpc) is 3.12. The first-order valence-corrected chi connectivity index (χ1v) is 8.72. The van der Waals surface area contributed by atoms with Gasteiger partial charge in [0.05, 0.1) is 0 Å². The molecule has 4 heterocycles. The summed E-state index contributed by atoms with van der Waals surface area (Å²) in [4.78, 5) is 17.9. The maximum absolute atomic E-state index is 12.5. The zero-order chi connectivity index (χ0) is 19.0. The molecule has 5 rings (SSSR count). The molecule has 9 heteroatoms. The van der Waals surface area contributed by atoms with Crippen LogP contribution in [0.15, 0.2) is 34.9 Å². The Kier molecular flexibility index (Phi) is 4.55. The molecule has 3 saturated heterocycles. The number of fused-ring (bicyclic) bond motifs is 3. The fourth-order valence-corrected chi connectivity index (χ4v) is 3.61. The summed E-state index contributed by atoms with van der Waals surface area (Å²) < 4.78 is 47.1. The SMILES string of the molecule is O=C(N[C@H]1CN2CCC1CC2)c1ccc(Oc2cnc(C(F)(F)F)o2)cc1. The molecule has 2 bridgehead atoms. The molecule has 0 spiro atoms. The summed E-state index contributed by atoms with van der Waals surface area (Å²) in [5, 5.41) is 3.08. The van der Waals surface area contributed by atoms with Crippen LogP contribution in [0, 0.1) is 5.92 Å². The highest BCUT2D eigenvalue weighted by Gasteiger charge is 2.37. The van der Waals surface area contributed by atoms with Crippen LogP contribution < -0.4 is 10.1 Å². The molecule has 0 unspecified atom stereocenters. The van der Waals surface area contributed by atoms with E-state index in [2.05, 4.69) is 19.6 Å². The number of benzene rings is 1. The van der Waals surface area contributed by atoms with Crippen molar-refractivity contribution in [3.05, 3.63) is 41.9 Å². The molecule has 1 aromatic heterocycles. The van der Waals surface area contributed by atoms with Crippen LogP contribution in [0.25, 0.3) is 0 Å². The van der Waals surface area contributed by atoms with Gasteiger partial charge in [0.15, 0.2) is 0 Å². The van der Waals surface area contributed by atoms with Crippen LogP contribution >= 0.6 is 0 Å². The predicted octanol–water partition coefficient (Wildman–Crippen LogP) is 3.31. The molecule has 2 aromatic rings. The van der Waals surface area contributed by atoms with Gasteiger partial charge in [0, 0.05) is 18.2 Å². The second-order valence-corrected chi connectivity index (χ2v) is 6.83. The highest BCUT2D eigenvalue weighted by atomic mass is 19.4. The largest absolute Gasteiger partial charge is 0.469 e. The number of carbonyl (C=O) groups excluding carboxylic acids is 1. The Bertz CT molecular complexity index is 811. The van der Waals surface area contributed by atoms with Crippen LogP contribution in [-0.4, -0.2) is 41.5 Å². The number of halogens is 3. The van der Waals surface area contributed by atoms with Crippen molar-refractivity contribution in [1.82, 2.24) is 15.2 Å². The van der Waals surface area contributed by atoms with Gasteiger partial charge < -0.3 is 19.4 Å². The molecule has 1 N–H and O–H groups in total. The first-order valence-electron chi connectivity index (χ1n) is 8.72. The molecule has 0 radical (unpaired) electrons. The third-order valence-corrected chi connectivity index (χ3v) is 5.03. The summed E-state index contributed by atoms with van der Waals surface area (Å²) in [7, 11) is 0. The zero-order valence-electron chi connectivity index (χ0n) is 14.3. The number of oxazole rings is 1. The van der Waals surface area contributed by atoms with Crippen molar-refractivity contribution in [1.29, 1.82) is 0 Å². The van der Waals surface area contributed by atoms with Gasteiger partial charge in [0.1, 0.15) is 11.9 Å². The van der Waals surface area contributed by atoms with Crippen molar-refractivity contribution in [3.8, 4) is 11.7 Å². The highest BCUT2D eigenvalue weighted by Crippen LogP contribution is 2.32. The Morgan fingerprint density at radius 3 is 2.48 bits per heavy atom. The monoisotopic (exact) mass is 381 g/mol. The third kappa shape index (κ3) is 3.92. The van der Waals surface area contributed by atoms with E-state index in [4.69, 9.17) is 4.74 Å². The molecule has 0 aliphatic carbocycles. The molecule has 3 fully saturated rings. The van der Waals surface area contributed by atoms with E-state index in [-0.39, 0.29) is 23.6 Å². The van der Waals surface area contributed by atoms with E-state index in [1.807, 2.05) is 0 Å². The van der Waals surface area contributed by atoms with Crippen molar-refractivity contribution >= 4 is 5.91 Å². The van der Waals surface area contributed by atoms with E-state index in [9.17, 15) is 18.0 Å². The Hall–Kier alpha value is -2.55. The van der Waals surface area contributed by atoms with Crippen LogP contribution in [0.3, 0.4) is 0 Å². The van der Waals surface area contributed by atoms with Crippen LogP contribution in [0.1, 0.15) is 29.1 Å². The lowest BCUT2D eigenvalue weighted by molar-refractivity contribution is -0.157. The zero-order valence-corrected chi connectivity index (χ0v) is 14.3. The van der Waals surface area contributed by atoms with Crippen molar-refractivity contribution in [2.75, 3.05) is 19.6 Å².